The van der Waals surface area contributed by atoms with E-state index in [-0.39, 0.29) is 25.0 Å². The van der Waals surface area contributed by atoms with Crippen LogP contribution in [0.15, 0.2) is 48.5 Å². The predicted octanol–water partition coefficient (Wildman–Crippen LogP) is 2.74. The molecule has 1 aromatic heterocycles. The number of benzene rings is 2. The molecule has 0 aliphatic carbocycles. The van der Waals surface area contributed by atoms with E-state index in [4.69, 9.17) is 11.6 Å². The molecule has 2 aromatic carbocycles. The molecule has 7 nitrogen and oxygen atoms in total. The monoisotopic (exact) mass is 426 g/mol. The average Bonchev–Trinajstić information content (AvgIpc) is 3.13. The van der Waals surface area contributed by atoms with E-state index in [1.807, 2.05) is 36.4 Å². The molecule has 156 valence electrons. The highest BCUT2D eigenvalue weighted by Crippen LogP contribution is 2.29. The zero-order valence-corrected chi connectivity index (χ0v) is 17.1. The second-order valence-electron chi connectivity index (χ2n) is 7.33. The largest absolute Gasteiger partial charge is 0.387 e. The van der Waals surface area contributed by atoms with Crippen molar-refractivity contribution in [1.29, 1.82) is 0 Å². The molecule has 0 saturated heterocycles. The number of carbonyl (C=O) groups is 2. The number of H-pyrrole nitrogens is 1. The first-order chi connectivity index (χ1) is 14.5. The van der Waals surface area contributed by atoms with Crippen LogP contribution in [0.2, 0.25) is 5.02 Å². The Morgan fingerprint density at radius 2 is 1.97 bits per heavy atom. The Labute approximate surface area is 179 Å². The van der Waals surface area contributed by atoms with E-state index in [2.05, 4.69) is 15.6 Å². The van der Waals surface area contributed by atoms with Crippen LogP contribution < -0.4 is 10.6 Å². The minimum Gasteiger partial charge on any atom is -0.387 e. The summed E-state index contributed by atoms with van der Waals surface area (Å²) in [6.45, 7) is 0.948. The molecule has 2 heterocycles. The number of aliphatic hydroxyl groups is 1. The van der Waals surface area contributed by atoms with Gasteiger partial charge in [0.15, 0.2) is 0 Å². The third-order valence-electron chi connectivity index (χ3n) is 5.30. The number of halogens is 1. The lowest BCUT2D eigenvalue weighted by atomic mass is 10.0. The van der Waals surface area contributed by atoms with Crippen molar-refractivity contribution in [3.63, 3.8) is 0 Å². The Morgan fingerprint density at radius 3 is 2.77 bits per heavy atom. The summed E-state index contributed by atoms with van der Waals surface area (Å²) in [5.74, 6) is -0.351. The normalized spacial score (nSPS) is 14.3. The van der Waals surface area contributed by atoms with Gasteiger partial charge in [-0.05, 0) is 35.7 Å². The zero-order valence-electron chi connectivity index (χ0n) is 16.3. The Hall–Kier alpha value is -3.03. The summed E-state index contributed by atoms with van der Waals surface area (Å²) < 4.78 is 0. The number of fused-ring (bicyclic) bond motifs is 3. The van der Waals surface area contributed by atoms with Gasteiger partial charge >= 0.3 is 6.03 Å². The van der Waals surface area contributed by atoms with Crippen molar-refractivity contribution in [1.82, 2.24) is 20.5 Å². The molecule has 1 aliphatic heterocycles. The summed E-state index contributed by atoms with van der Waals surface area (Å²) in [5.41, 5.74) is 3.90. The number of aliphatic hydroxyl groups excluding tert-OH is 1. The molecule has 30 heavy (non-hydrogen) atoms. The van der Waals surface area contributed by atoms with Crippen LogP contribution in [-0.2, 0) is 17.8 Å². The summed E-state index contributed by atoms with van der Waals surface area (Å²) in [6, 6.07) is 14.5. The van der Waals surface area contributed by atoms with Crippen LogP contribution in [0.5, 0.6) is 0 Å². The number of nitrogens with zero attached hydrogens (tertiary/aromatic N) is 1. The van der Waals surface area contributed by atoms with Crippen molar-refractivity contribution in [2.75, 3.05) is 19.6 Å². The second kappa shape index (κ2) is 8.77. The first kappa shape index (κ1) is 20.3. The molecule has 1 atom stereocenters. The van der Waals surface area contributed by atoms with E-state index in [0.29, 0.717) is 18.1 Å². The Morgan fingerprint density at radius 1 is 1.17 bits per heavy atom. The van der Waals surface area contributed by atoms with Crippen molar-refractivity contribution in [2.24, 2.45) is 0 Å². The standard InChI is InChI=1S/C22H23ClN4O3/c23-15-6-7-18-17(10-15)16-8-9-27(13-19(16)26-18)22(30)25-12-21(29)24-11-20(28)14-4-2-1-3-5-14/h1-7,10,20,26,28H,8-9,11-13H2,(H,24,29)(H,25,30)/t20-/m1/s1. The zero-order chi connectivity index (χ0) is 21.1. The maximum absolute atomic E-state index is 12.5. The highest BCUT2D eigenvalue weighted by atomic mass is 35.5. The lowest BCUT2D eigenvalue weighted by Gasteiger charge is -2.27. The highest BCUT2D eigenvalue weighted by molar-refractivity contribution is 6.31. The molecule has 3 amide bonds. The molecule has 0 fully saturated rings. The Kier molecular flexibility index (Phi) is 5.92. The molecule has 0 radical (unpaired) electrons. The highest BCUT2D eigenvalue weighted by Gasteiger charge is 2.24. The molecular weight excluding hydrogens is 404 g/mol. The lowest BCUT2D eigenvalue weighted by molar-refractivity contribution is -0.120. The van der Waals surface area contributed by atoms with Gasteiger partial charge in [0.2, 0.25) is 5.91 Å². The number of aromatic amines is 1. The number of rotatable bonds is 5. The van der Waals surface area contributed by atoms with Crippen molar-refractivity contribution >= 4 is 34.4 Å². The van der Waals surface area contributed by atoms with E-state index in [1.165, 1.54) is 5.56 Å². The van der Waals surface area contributed by atoms with Crippen molar-refractivity contribution < 1.29 is 14.7 Å². The van der Waals surface area contributed by atoms with Crippen LogP contribution >= 0.6 is 11.6 Å². The van der Waals surface area contributed by atoms with Gasteiger partial charge in [-0.1, -0.05) is 41.9 Å². The molecule has 0 unspecified atom stereocenters. The number of amides is 3. The summed E-state index contributed by atoms with van der Waals surface area (Å²) in [7, 11) is 0. The lowest BCUT2D eigenvalue weighted by Crippen LogP contribution is -2.46. The van der Waals surface area contributed by atoms with Crippen LogP contribution in [0.3, 0.4) is 0 Å². The minimum atomic E-state index is -0.790. The van der Waals surface area contributed by atoms with E-state index in [9.17, 15) is 14.7 Å². The van der Waals surface area contributed by atoms with Crippen molar-refractivity contribution in [3.8, 4) is 0 Å². The fraction of sp³-hybridized carbons (Fsp3) is 0.273. The number of urea groups is 1. The van der Waals surface area contributed by atoms with Crippen molar-refractivity contribution in [3.05, 3.63) is 70.4 Å². The van der Waals surface area contributed by atoms with Gasteiger partial charge in [0.25, 0.3) is 0 Å². The van der Waals surface area contributed by atoms with Gasteiger partial charge in [-0.25, -0.2) is 4.79 Å². The average molecular weight is 427 g/mol. The van der Waals surface area contributed by atoms with Gasteiger partial charge in [-0.2, -0.15) is 0 Å². The topological polar surface area (TPSA) is 97.5 Å². The smallest absolute Gasteiger partial charge is 0.318 e. The van der Waals surface area contributed by atoms with E-state index < -0.39 is 6.10 Å². The fourth-order valence-corrected chi connectivity index (χ4v) is 3.89. The summed E-state index contributed by atoms with van der Waals surface area (Å²) in [6.07, 6.45) is -0.0691. The van der Waals surface area contributed by atoms with E-state index >= 15 is 0 Å². The minimum absolute atomic E-state index is 0.0867. The number of aromatic nitrogens is 1. The second-order valence-corrected chi connectivity index (χ2v) is 7.77. The number of hydrogen-bond donors (Lipinski definition) is 4. The third kappa shape index (κ3) is 4.42. The molecule has 3 aromatic rings. The fourth-order valence-electron chi connectivity index (χ4n) is 3.72. The van der Waals surface area contributed by atoms with E-state index in [0.717, 1.165) is 28.6 Å². The van der Waals surface area contributed by atoms with Gasteiger partial charge in [0.1, 0.15) is 0 Å². The molecular formula is C22H23ClN4O3. The van der Waals surface area contributed by atoms with Crippen LogP contribution in [-0.4, -0.2) is 46.6 Å². The number of carbonyl (C=O) groups excluding carboxylic acids is 2. The predicted molar refractivity (Wildman–Crippen MR) is 115 cm³/mol. The summed E-state index contributed by atoms with van der Waals surface area (Å²) in [5, 5.41) is 17.2. The number of nitrogens with one attached hydrogen (secondary N) is 3. The molecule has 8 heteroatoms. The Bertz CT molecular complexity index is 1070. The van der Waals surface area contributed by atoms with Crippen LogP contribution in [0.1, 0.15) is 22.9 Å². The van der Waals surface area contributed by atoms with Gasteiger partial charge in [-0.15, -0.1) is 0 Å². The Balaban J connectivity index is 1.27. The first-order valence-electron chi connectivity index (χ1n) is 9.82. The SMILES string of the molecule is O=C(CNC(=O)N1CCc2c([nH]c3ccc(Cl)cc23)C1)NC[C@@H](O)c1ccccc1. The summed E-state index contributed by atoms with van der Waals surface area (Å²) in [4.78, 5) is 29.6. The van der Waals surface area contributed by atoms with Gasteiger partial charge in [0.05, 0.1) is 19.2 Å². The molecule has 0 spiro atoms. The van der Waals surface area contributed by atoms with Crippen LogP contribution in [0.25, 0.3) is 10.9 Å². The number of hydrogen-bond acceptors (Lipinski definition) is 3. The first-order valence-corrected chi connectivity index (χ1v) is 10.2. The van der Waals surface area contributed by atoms with E-state index in [1.54, 1.807) is 17.0 Å². The molecule has 4 N–H and O–H groups in total. The molecule has 0 bridgehead atoms. The maximum atomic E-state index is 12.5. The van der Waals surface area contributed by atoms with Crippen LogP contribution in [0, 0.1) is 0 Å². The quantitative estimate of drug-likeness (QED) is 0.505. The maximum Gasteiger partial charge on any atom is 0.318 e. The summed E-state index contributed by atoms with van der Waals surface area (Å²) >= 11 is 6.11. The van der Waals surface area contributed by atoms with Crippen molar-refractivity contribution in [2.45, 2.75) is 19.1 Å². The molecule has 4 rings (SSSR count). The third-order valence-corrected chi connectivity index (χ3v) is 5.54. The van der Waals surface area contributed by atoms with Gasteiger partial charge < -0.3 is 25.6 Å². The van der Waals surface area contributed by atoms with Crippen LogP contribution in [0.4, 0.5) is 4.79 Å². The van der Waals surface area contributed by atoms with Gasteiger partial charge in [0, 0.05) is 34.7 Å². The molecule has 1 aliphatic rings. The molecule has 0 saturated carbocycles. The van der Waals surface area contributed by atoms with Gasteiger partial charge in [-0.3, -0.25) is 4.79 Å².